The lowest BCUT2D eigenvalue weighted by Gasteiger charge is -2.19. The lowest BCUT2D eigenvalue weighted by molar-refractivity contribution is -0.384. The first-order chi connectivity index (χ1) is 10.5. The van der Waals surface area contributed by atoms with Crippen LogP contribution in [0.4, 0.5) is 5.69 Å². The van der Waals surface area contributed by atoms with Gasteiger partial charge < -0.3 is 5.32 Å². The Morgan fingerprint density at radius 3 is 2.68 bits per heavy atom. The highest BCUT2D eigenvalue weighted by Crippen LogP contribution is 2.13. The van der Waals surface area contributed by atoms with E-state index in [0.29, 0.717) is 24.2 Å². The number of nitro groups is 1. The van der Waals surface area contributed by atoms with Crippen LogP contribution in [0.15, 0.2) is 29.4 Å². The van der Waals surface area contributed by atoms with Crippen molar-refractivity contribution in [3.05, 3.63) is 39.9 Å². The van der Waals surface area contributed by atoms with Crippen LogP contribution in [0.2, 0.25) is 0 Å². The van der Waals surface area contributed by atoms with Crippen LogP contribution >= 0.6 is 0 Å². The summed E-state index contributed by atoms with van der Waals surface area (Å²) < 4.78 is 0. The molecule has 1 fully saturated rings. The van der Waals surface area contributed by atoms with E-state index in [1.165, 1.54) is 12.1 Å². The van der Waals surface area contributed by atoms with Crippen molar-refractivity contribution >= 4 is 23.2 Å². The highest BCUT2D eigenvalue weighted by Gasteiger charge is 2.28. The SMILES string of the molecule is C/C(=N\NC(=O)C1CCCNC1=O)c1ccc([N+](=O)[O-])cc1. The molecule has 0 aromatic heterocycles. The molecule has 8 heteroatoms. The van der Waals surface area contributed by atoms with Gasteiger partial charge in [0.25, 0.3) is 11.6 Å². The molecule has 1 saturated heterocycles. The number of amides is 2. The number of carbonyl (C=O) groups is 2. The second-order valence-electron chi connectivity index (χ2n) is 4.96. The Balaban J connectivity index is 2.01. The van der Waals surface area contributed by atoms with Crippen molar-refractivity contribution in [3.63, 3.8) is 0 Å². The Labute approximate surface area is 126 Å². The standard InChI is InChI=1S/C14H16N4O4/c1-9(10-4-6-11(7-5-10)18(21)22)16-17-14(20)12-3-2-8-15-13(12)19/h4-7,12H,2-3,8H2,1H3,(H,15,19)(H,17,20)/b16-9+. The Bertz CT molecular complexity index is 624. The van der Waals surface area contributed by atoms with Crippen molar-refractivity contribution in [2.24, 2.45) is 11.0 Å². The maximum atomic E-state index is 11.9. The minimum atomic E-state index is -0.720. The Kier molecular flexibility index (Phi) is 4.82. The van der Waals surface area contributed by atoms with Gasteiger partial charge in [-0.05, 0) is 37.5 Å². The van der Waals surface area contributed by atoms with Crippen LogP contribution in [-0.2, 0) is 9.59 Å². The first kappa shape index (κ1) is 15.6. The van der Waals surface area contributed by atoms with E-state index in [9.17, 15) is 19.7 Å². The van der Waals surface area contributed by atoms with Gasteiger partial charge in [0.2, 0.25) is 5.91 Å². The minimum Gasteiger partial charge on any atom is -0.355 e. The van der Waals surface area contributed by atoms with Crippen molar-refractivity contribution in [3.8, 4) is 0 Å². The number of benzene rings is 1. The number of piperidine rings is 1. The van der Waals surface area contributed by atoms with Gasteiger partial charge >= 0.3 is 0 Å². The van der Waals surface area contributed by atoms with Crippen molar-refractivity contribution in [2.75, 3.05) is 6.54 Å². The monoisotopic (exact) mass is 304 g/mol. The van der Waals surface area contributed by atoms with Crippen molar-refractivity contribution in [1.82, 2.24) is 10.7 Å². The Morgan fingerprint density at radius 2 is 2.09 bits per heavy atom. The molecule has 8 nitrogen and oxygen atoms in total. The number of nitrogens with one attached hydrogen (secondary N) is 2. The molecule has 2 N–H and O–H groups in total. The van der Waals surface area contributed by atoms with E-state index < -0.39 is 16.7 Å². The van der Waals surface area contributed by atoms with Crippen LogP contribution in [0, 0.1) is 16.0 Å². The molecule has 1 aromatic carbocycles. The highest BCUT2D eigenvalue weighted by atomic mass is 16.6. The van der Waals surface area contributed by atoms with Crippen molar-refractivity contribution < 1.29 is 14.5 Å². The maximum absolute atomic E-state index is 11.9. The lowest BCUT2D eigenvalue weighted by atomic mass is 9.98. The molecule has 1 aromatic rings. The van der Waals surface area contributed by atoms with Crippen LogP contribution in [-0.4, -0.2) is 29.0 Å². The number of hydrogen-bond acceptors (Lipinski definition) is 5. The van der Waals surface area contributed by atoms with Crippen LogP contribution in [0.3, 0.4) is 0 Å². The van der Waals surface area contributed by atoms with Crippen LogP contribution < -0.4 is 10.7 Å². The average Bonchev–Trinajstić information content (AvgIpc) is 2.52. The summed E-state index contributed by atoms with van der Waals surface area (Å²) in [7, 11) is 0. The third-order valence-corrected chi connectivity index (χ3v) is 3.43. The molecule has 22 heavy (non-hydrogen) atoms. The summed E-state index contributed by atoms with van der Waals surface area (Å²) in [6.45, 7) is 2.26. The molecule has 1 aliphatic heterocycles. The third kappa shape index (κ3) is 3.66. The highest BCUT2D eigenvalue weighted by molar-refractivity contribution is 6.02. The molecule has 1 heterocycles. The molecule has 2 amide bonds. The molecule has 0 aliphatic carbocycles. The molecule has 0 radical (unpaired) electrons. The number of hydrazone groups is 1. The molecule has 0 saturated carbocycles. The smallest absolute Gasteiger partial charge is 0.269 e. The van der Waals surface area contributed by atoms with E-state index in [-0.39, 0.29) is 11.6 Å². The third-order valence-electron chi connectivity index (χ3n) is 3.43. The van der Waals surface area contributed by atoms with Gasteiger partial charge in [-0.3, -0.25) is 19.7 Å². The van der Waals surface area contributed by atoms with Crippen molar-refractivity contribution in [2.45, 2.75) is 19.8 Å². The number of rotatable bonds is 4. The van der Waals surface area contributed by atoms with Crippen LogP contribution in [0.5, 0.6) is 0 Å². The molecule has 116 valence electrons. The lowest BCUT2D eigenvalue weighted by Crippen LogP contribution is -2.44. The maximum Gasteiger partial charge on any atom is 0.269 e. The Morgan fingerprint density at radius 1 is 1.41 bits per heavy atom. The van der Waals surface area contributed by atoms with Gasteiger partial charge in [0, 0.05) is 18.7 Å². The predicted molar refractivity (Wildman–Crippen MR) is 79.2 cm³/mol. The van der Waals surface area contributed by atoms with Gasteiger partial charge in [0.15, 0.2) is 0 Å². The summed E-state index contributed by atoms with van der Waals surface area (Å²) >= 11 is 0. The molecule has 2 rings (SSSR count). The van der Waals surface area contributed by atoms with Gasteiger partial charge in [0.05, 0.1) is 10.6 Å². The molecular weight excluding hydrogens is 288 g/mol. The van der Waals surface area contributed by atoms with E-state index in [1.807, 2.05) is 0 Å². The van der Waals surface area contributed by atoms with E-state index in [2.05, 4.69) is 15.8 Å². The fraction of sp³-hybridized carbons (Fsp3) is 0.357. The van der Waals surface area contributed by atoms with E-state index in [1.54, 1.807) is 19.1 Å². The minimum absolute atomic E-state index is 0.0144. The number of non-ortho nitro benzene ring substituents is 1. The average molecular weight is 304 g/mol. The first-order valence-corrected chi connectivity index (χ1v) is 6.85. The van der Waals surface area contributed by atoms with Crippen molar-refractivity contribution in [1.29, 1.82) is 0 Å². The normalized spacial score (nSPS) is 18.5. The number of carbonyl (C=O) groups excluding carboxylic acids is 2. The number of nitro benzene ring substituents is 1. The van der Waals surface area contributed by atoms with Gasteiger partial charge in [-0.2, -0.15) is 5.10 Å². The van der Waals surface area contributed by atoms with E-state index >= 15 is 0 Å². The fourth-order valence-electron chi connectivity index (χ4n) is 2.13. The van der Waals surface area contributed by atoms with Gasteiger partial charge in [-0.25, -0.2) is 5.43 Å². The fourth-order valence-corrected chi connectivity index (χ4v) is 2.13. The van der Waals surface area contributed by atoms with Gasteiger partial charge in [0.1, 0.15) is 5.92 Å². The first-order valence-electron chi connectivity index (χ1n) is 6.85. The topological polar surface area (TPSA) is 114 Å². The summed E-state index contributed by atoms with van der Waals surface area (Å²) in [5, 5.41) is 17.2. The van der Waals surface area contributed by atoms with E-state index in [4.69, 9.17) is 0 Å². The van der Waals surface area contributed by atoms with Crippen LogP contribution in [0.25, 0.3) is 0 Å². The summed E-state index contributed by atoms with van der Waals surface area (Å²) in [6, 6.07) is 5.84. The van der Waals surface area contributed by atoms with Crippen LogP contribution in [0.1, 0.15) is 25.3 Å². The molecule has 1 aliphatic rings. The quantitative estimate of drug-likeness (QED) is 0.373. The second kappa shape index (κ2) is 6.79. The molecular formula is C14H16N4O4. The summed E-state index contributed by atoms with van der Waals surface area (Å²) in [5.41, 5.74) is 3.51. The molecule has 1 atom stereocenters. The van der Waals surface area contributed by atoms with Gasteiger partial charge in [-0.1, -0.05) is 0 Å². The molecule has 0 spiro atoms. The zero-order valence-electron chi connectivity index (χ0n) is 12.0. The summed E-state index contributed by atoms with van der Waals surface area (Å²) in [5.74, 6) is -1.45. The molecule has 0 bridgehead atoms. The second-order valence-corrected chi connectivity index (χ2v) is 4.96. The summed E-state index contributed by atoms with van der Waals surface area (Å²) in [6.07, 6.45) is 1.26. The number of hydrogen-bond donors (Lipinski definition) is 2. The van der Waals surface area contributed by atoms with Gasteiger partial charge in [-0.15, -0.1) is 0 Å². The summed E-state index contributed by atoms with van der Waals surface area (Å²) in [4.78, 5) is 33.6. The largest absolute Gasteiger partial charge is 0.355 e. The Hall–Kier alpha value is -2.77. The molecule has 1 unspecified atom stereocenters. The predicted octanol–water partition coefficient (Wildman–Crippen LogP) is 0.961. The zero-order valence-corrected chi connectivity index (χ0v) is 12.0. The zero-order chi connectivity index (χ0) is 16.1. The number of nitrogens with zero attached hydrogens (tertiary/aromatic N) is 2. The van der Waals surface area contributed by atoms with E-state index in [0.717, 1.165) is 6.42 Å².